The number of amides is 1. The van der Waals surface area contributed by atoms with Gasteiger partial charge in [0.15, 0.2) is 5.82 Å². The second kappa shape index (κ2) is 7.89. The van der Waals surface area contributed by atoms with Crippen LogP contribution in [0.5, 0.6) is 11.6 Å². The number of aromatic nitrogens is 4. The fraction of sp³-hybridized carbons (Fsp3) is 0.0476. The van der Waals surface area contributed by atoms with Crippen LogP contribution in [-0.4, -0.2) is 25.7 Å². The molecule has 0 saturated carbocycles. The summed E-state index contributed by atoms with van der Waals surface area (Å²) in [5.74, 6) is 0.690. The molecule has 0 saturated heterocycles. The van der Waals surface area contributed by atoms with Gasteiger partial charge in [-0.1, -0.05) is 6.07 Å². The van der Waals surface area contributed by atoms with E-state index in [1.54, 1.807) is 78.7 Å². The minimum Gasteiger partial charge on any atom is -0.438 e. The zero-order valence-electron chi connectivity index (χ0n) is 15.4. The predicted molar refractivity (Wildman–Crippen MR) is 105 cm³/mol. The van der Waals surface area contributed by atoms with Crippen molar-refractivity contribution in [2.75, 3.05) is 5.32 Å². The Bertz CT molecular complexity index is 1130. The molecule has 0 atom stereocenters. The summed E-state index contributed by atoms with van der Waals surface area (Å²) in [6.07, 6.45) is 5.05. The summed E-state index contributed by atoms with van der Waals surface area (Å²) >= 11 is 0. The summed E-state index contributed by atoms with van der Waals surface area (Å²) in [6.45, 7) is 1.64. The molecule has 0 radical (unpaired) electrons. The van der Waals surface area contributed by atoms with Crippen LogP contribution in [0.15, 0.2) is 73.3 Å². The molecule has 0 bridgehead atoms. The average molecular weight is 389 g/mol. The molecule has 0 aliphatic carbocycles. The minimum atomic E-state index is -0.415. The van der Waals surface area contributed by atoms with Gasteiger partial charge < -0.3 is 10.1 Å². The fourth-order valence-electron chi connectivity index (χ4n) is 2.56. The Morgan fingerprint density at radius 3 is 2.55 bits per heavy atom. The Morgan fingerprint density at radius 2 is 1.90 bits per heavy atom. The standard InChI is InChI=1S/C21H16FN5O2/c1-14-2-3-15(12-18(14)22)21(28)24-16-4-6-17(7-5-16)29-20-9-8-19(25-26-20)27-11-10-23-13-27/h2-13H,1H3,(H,24,28). The lowest BCUT2D eigenvalue weighted by molar-refractivity contribution is 0.102. The third kappa shape index (κ3) is 4.27. The van der Waals surface area contributed by atoms with Gasteiger partial charge in [-0.3, -0.25) is 9.36 Å². The third-order valence-electron chi connectivity index (χ3n) is 4.16. The summed E-state index contributed by atoms with van der Waals surface area (Å²) in [5, 5.41) is 10.8. The Hall–Kier alpha value is -4.07. The van der Waals surface area contributed by atoms with E-state index < -0.39 is 11.7 Å². The maximum absolute atomic E-state index is 13.6. The van der Waals surface area contributed by atoms with Crippen molar-refractivity contribution < 1.29 is 13.9 Å². The number of carbonyl (C=O) groups excluding carboxylic acids is 1. The van der Waals surface area contributed by atoms with Crippen LogP contribution in [-0.2, 0) is 0 Å². The zero-order valence-corrected chi connectivity index (χ0v) is 15.4. The molecule has 2 aromatic heterocycles. The summed E-state index contributed by atoms with van der Waals surface area (Å²) in [5.41, 5.74) is 1.30. The van der Waals surface area contributed by atoms with Crippen molar-refractivity contribution in [2.24, 2.45) is 0 Å². The molecule has 0 spiro atoms. The van der Waals surface area contributed by atoms with Crippen LogP contribution in [0, 0.1) is 12.7 Å². The van der Waals surface area contributed by atoms with Crippen LogP contribution in [0.1, 0.15) is 15.9 Å². The normalized spacial score (nSPS) is 10.6. The number of nitrogens with zero attached hydrogens (tertiary/aromatic N) is 4. The van der Waals surface area contributed by atoms with Crippen molar-refractivity contribution in [2.45, 2.75) is 6.92 Å². The highest BCUT2D eigenvalue weighted by molar-refractivity contribution is 6.04. The minimum absolute atomic E-state index is 0.252. The maximum atomic E-state index is 13.6. The molecule has 0 unspecified atom stereocenters. The van der Waals surface area contributed by atoms with Gasteiger partial charge in [0.25, 0.3) is 5.91 Å². The highest BCUT2D eigenvalue weighted by atomic mass is 19.1. The van der Waals surface area contributed by atoms with Crippen LogP contribution < -0.4 is 10.1 Å². The second-order valence-corrected chi connectivity index (χ2v) is 6.24. The monoisotopic (exact) mass is 389 g/mol. The number of aryl methyl sites for hydroxylation is 1. The van der Waals surface area contributed by atoms with Gasteiger partial charge in [-0.2, -0.15) is 0 Å². The first-order valence-electron chi connectivity index (χ1n) is 8.76. The van der Waals surface area contributed by atoms with Crippen molar-refractivity contribution in [1.29, 1.82) is 0 Å². The van der Waals surface area contributed by atoms with E-state index >= 15 is 0 Å². The molecule has 1 N–H and O–H groups in total. The highest BCUT2D eigenvalue weighted by Gasteiger charge is 2.09. The summed E-state index contributed by atoms with van der Waals surface area (Å²) in [6, 6.07) is 14.6. The molecule has 4 aromatic rings. The van der Waals surface area contributed by atoms with E-state index in [0.717, 1.165) is 0 Å². The van der Waals surface area contributed by atoms with Gasteiger partial charge in [-0.15, -0.1) is 10.2 Å². The van der Waals surface area contributed by atoms with Crippen molar-refractivity contribution in [3.8, 4) is 17.4 Å². The molecule has 144 valence electrons. The van der Waals surface area contributed by atoms with Crippen molar-refractivity contribution in [3.63, 3.8) is 0 Å². The average Bonchev–Trinajstić information content (AvgIpc) is 3.27. The van der Waals surface area contributed by atoms with Gasteiger partial charge >= 0.3 is 0 Å². The van der Waals surface area contributed by atoms with E-state index in [4.69, 9.17) is 4.74 Å². The Labute approximate surface area is 165 Å². The van der Waals surface area contributed by atoms with E-state index in [1.165, 1.54) is 6.07 Å². The van der Waals surface area contributed by atoms with Gasteiger partial charge in [0, 0.05) is 29.7 Å². The summed E-state index contributed by atoms with van der Waals surface area (Å²) in [7, 11) is 0. The number of rotatable bonds is 5. The first kappa shape index (κ1) is 18.3. The van der Waals surface area contributed by atoms with Crippen molar-refractivity contribution in [3.05, 3.63) is 90.3 Å². The molecular weight excluding hydrogens is 373 g/mol. The number of carbonyl (C=O) groups is 1. The Balaban J connectivity index is 1.40. The summed E-state index contributed by atoms with van der Waals surface area (Å²) in [4.78, 5) is 16.2. The van der Waals surface area contributed by atoms with Gasteiger partial charge in [-0.05, 0) is 55.0 Å². The molecule has 1 amide bonds. The molecule has 2 heterocycles. The number of nitrogens with one attached hydrogen (secondary N) is 1. The van der Waals surface area contributed by atoms with Gasteiger partial charge in [0.05, 0.1) is 0 Å². The zero-order chi connectivity index (χ0) is 20.2. The molecule has 2 aromatic carbocycles. The topological polar surface area (TPSA) is 81.9 Å². The van der Waals surface area contributed by atoms with Gasteiger partial charge in [0.2, 0.25) is 5.88 Å². The molecule has 29 heavy (non-hydrogen) atoms. The molecule has 0 fully saturated rings. The Morgan fingerprint density at radius 1 is 1.07 bits per heavy atom. The van der Waals surface area contributed by atoms with E-state index in [2.05, 4.69) is 20.5 Å². The number of benzene rings is 2. The lowest BCUT2D eigenvalue weighted by Crippen LogP contribution is -2.12. The van der Waals surface area contributed by atoms with Crippen LogP contribution in [0.4, 0.5) is 10.1 Å². The molecular formula is C21H16FN5O2. The summed E-state index contributed by atoms with van der Waals surface area (Å²) < 4.78 is 21.0. The molecule has 8 heteroatoms. The molecule has 0 aliphatic rings. The van der Waals surface area contributed by atoms with Crippen molar-refractivity contribution in [1.82, 2.24) is 19.7 Å². The fourth-order valence-corrected chi connectivity index (χ4v) is 2.56. The van der Waals surface area contributed by atoms with E-state index in [0.29, 0.717) is 28.7 Å². The number of anilines is 1. The lowest BCUT2D eigenvalue weighted by atomic mass is 10.1. The molecule has 0 aliphatic heterocycles. The second-order valence-electron chi connectivity index (χ2n) is 6.24. The van der Waals surface area contributed by atoms with Crippen LogP contribution in [0.25, 0.3) is 5.82 Å². The number of hydrogen-bond donors (Lipinski definition) is 1. The SMILES string of the molecule is Cc1ccc(C(=O)Nc2ccc(Oc3ccc(-n4ccnc4)nn3)cc2)cc1F. The smallest absolute Gasteiger partial charge is 0.255 e. The first-order chi connectivity index (χ1) is 14.1. The first-order valence-corrected chi connectivity index (χ1v) is 8.76. The van der Waals surface area contributed by atoms with Crippen molar-refractivity contribution >= 4 is 11.6 Å². The van der Waals surface area contributed by atoms with Gasteiger partial charge in [-0.25, -0.2) is 9.37 Å². The molecule has 7 nitrogen and oxygen atoms in total. The van der Waals surface area contributed by atoms with E-state index in [1.807, 2.05) is 0 Å². The van der Waals surface area contributed by atoms with Gasteiger partial charge in [0.1, 0.15) is 17.9 Å². The van der Waals surface area contributed by atoms with Crippen LogP contribution in [0.2, 0.25) is 0 Å². The van der Waals surface area contributed by atoms with E-state index in [-0.39, 0.29) is 5.56 Å². The Kier molecular flexibility index (Phi) is 4.98. The third-order valence-corrected chi connectivity index (χ3v) is 4.16. The number of halogens is 1. The predicted octanol–water partition coefficient (Wildman–Crippen LogP) is 4.15. The van der Waals surface area contributed by atoms with Crippen LogP contribution >= 0.6 is 0 Å². The number of ether oxygens (including phenoxy) is 1. The lowest BCUT2D eigenvalue weighted by Gasteiger charge is -2.08. The van der Waals surface area contributed by atoms with E-state index in [9.17, 15) is 9.18 Å². The van der Waals surface area contributed by atoms with Crippen LogP contribution in [0.3, 0.4) is 0 Å². The number of imidazole rings is 1. The quantitative estimate of drug-likeness (QED) is 0.554. The highest BCUT2D eigenvalue weighted by Crippen LogP contribution is 2.22. The largest absolute Gasteiger partial charge is 0.438 e. The maximum Gasteiger partial charge on any atom is 0.255 e. The number of hydrogen-bond acceptors (Lipinski definition) is 5. The molecule has 4 rings (SSSR count).